The summed E-state index contributed by atoms with van der Waals surface area (Å²) in [5.41, 5.74) is 1.35. The van der Waals surface area contributed by atoms with Crippen LogP contribution < -0.4 is 4.90 Å². The van der Waals surface area contributed by atoms with Gasteiger partial charge in [0.05, 0.1) is 34.6 Å². The second kappa shape index (κ2) is 10.1. The zero-order valence-corrected chi connectivity index (χ0v) is 23.0. The Morgan fingerprint density at radius 1 is 1.13 bits per heavy atom. The monoisotopic (exact) mass is 553 g/mol. The summed E-state index contributed by atoms with van der Waals surface area (Å²) < 4.78 is 27.1. The summed E-state index contributed by atoms with van der Waals surface area (Å²) in [6.07, 6.45) is 2.28. The molecule has 10 heteroatoms. The van der Waals surface area contributed by atoms with Gasteiger partial charge >= 0.3 is 12.1 Å². The van der Waals surface area contributed by atoms with Crippen LogP contribution in [0.4, 0.5) is 14.9 Å². The summed E-state index contributed by atoms with van der Waals surface area (Å²) in [7, 11) is 1.21. The number of rotatable bonds is 4. The molecule has 0 N–H and O–H groups in total. The molecule has 1 fully saturated rings. The number of hydrogen-bond acceptors (Lipinski definition) is 6. The minimum atomic E-state index is -0.773. The largest absolute Gasteiger partial charge is 0.465 e. The first kappa shape index (κ1) is 26.9. The van der Waals surface area contributed by atoms with Crippen molar-refractivity contribution in [1.82, 2.24) is 9.78 Å². The Kier molecular flexibility index (Phi) is 6.97. The molecule has 0 radical (unpaired) electrons. The molecule has 1 aromatic heterocycles. The van der Waals surface area contributed by atoms with Gasteiger partial charge in [0.2, 0.25) is 0 Å². The normalized spacial score (nSPS) is 15.1. The van der Waals surface area contributed by atoms with Crippen LogP contribution in [0.2, 0.25) is 5.02 Å². The molecule has 3 aromatic rings. The van der Waals surface area contributed by atoms with Crippen LogP contribution in [0, 0.1) is 5.82 Å². The summed E-state index contributed by atoms with van der Waals surface area (Å²) in [5, 5.41) is 4.90. The Morgan fingerprint density at radius 3 is 2.51 bits per heavy atom. The molecule has 2 aliphatic rings. The van der Waals surface area contributed by atoms with Crippen molar-refractivity contribution in [2.75, 3.05) is 18.6 Å². The average molecular weight is 554 g/mol. The molecule has 0 spiro atoms. The van der Waals surface area contributed by atoms with Crippen LogP contribution >= 0.6 is 11.6 Å². The number of anilines is 1. The molecule has 1 saturated carbocycles. The number of fused-ring (bicyclic) bond motifs is 1. The van der Waals surface area contributed by atoms with E-state index in [1.54, 1.807) is 26.8 Å². The van der Waals surface area contributed by atoms with Gasteiger partial charge in [-0.2, -0.15) is 9.78 Å². The third-order valence-corrected chi connectivity index (χ3v) is 7.06. The van der Waals surface area contributed by atoms with E-state index in [0.29, 0.717) is 41.4 Å². The van der Waals surface area contributed by atoms with Crippen LogP contribution in [0.5, 0.6) is 0 Å². The van der Waals surface area contributed by atoms with Crippen molar-refractivity contribution < 1.29 is 28.2 Å². The van der Waals surface area contributed by atoms with E-state index < -0.39 is 29.4 Å². The third-order valence-electron chi connectivity index (χ3n) is 6.75. The maximum Gasteiger partial charge on any atom is 0.414 e. The topological polar surface area (TPSA) is 90.7 Å². The molecule has 8 nitrogen and oxygen atoms in total. The van der Waals surface area contributed by atoms with E-state index in [2.05, 4.69) is 5.10 Å². The molecule has 204 valence electrons. The smallest absolute Gasteiger partial charge is 0.414 e. The highest BCUT2D eigenvalue weighted by Gasteiger charge is 2.37. The predicted molar refractivity (Wildman–Crippen MR) is 144 cm³/mol. The fourth-order valence-corrected chi connectivity index (χ4v) is 5.14. The number of hydrogen-bond donors (Lipinski definition) is 0. The number of nitrogens with zero attached hydrogens (tertiary/aromatic N) is 3. The van der Waals surface area contributed by atoms with Crippen molar-refractivity contribution in [1.29, 1.82) is 0 Å². The Balaban J connectivity index is 1.69. The van der Waals surface area contributed by atoms with E-state index in [1.165, 1.54) is 28.8 Å². The molecular formula is C29H29ClFN3O5. The predicted octanol–water partition coefficient (Wildman–Crippen LogP) is 6.38. The van der Waals surface area contributed by atoms with Crippen LogP contribution in [0.25, 0.3) is 11.3 Å². The van der Waals surface area contributed by atoms with Crippen molar-refractivity contribution in [2.24, 2.45) is 0 Å². The number of methoxy groups -OCH3 is 1. The van der Waals surface area contributed by atoms with E-state index in [9.17, 15) is 14.4 Å². The van der Waals surface area contributed by atoms with Crippen LogP contribution in [-0.2, 0) is 15.9 Å². The van der Waals surface area contributed by atoms with Gasteiger partial charge in [0.1, 0.15) is 17.1 Å². The number of aromatic nitrogens is 2. The van der Waals surface area contributed by atoms with Crippen LogP contribution in [0.3, 0.4) is 0 Å². The first-order valence-corrected chi connectivity index (χ1v) is 13.2. The molecule has 0 unspecified atom stereocenters. The van der Waals surface area contributed by atoms with Gasteiger partial charge in [-0.15, -0.1) is 0 Å². The third kappa shape index (κ3) is 5.15. The van der Waals surface area contributed by atoms with Crippen LogP contribution in [0.1, 0.15) is 77.9 Å². The number of carbonyl (C=O) groups is 3. The van der Waals surface area contributed by atoms with Crippen molar-refractivity contribution in [3.8, 4) is 11.3 Å². The fraction of sp³-hybridized carbons (Fsp3) is 0.379. The number of esters is 1. The molecule has 1 aliphatic heterocycles. The summed E-state index contributed by atoms with van der Waals surface area (Å²) in [6, 6.07) is 9.23. The minimum absolute atomic E-state index is 0.0252. The van der Waals surface area contributed by atoms with Gasteiger partial charge < -0.3 is 9.47 Å². The number of benzene rings is 2. The fourth-order valence-electron chi connectivity index (χ4n) is 4.88. The first-order valence-electron chi connectivity index (χ1n) is 12.8. The van der Waals surface area contributed by atoms with Crippen molar-refractivity contribution in [2.45, 2.75) is 58.0 Å². The highest BCUT2D eigenvalue weighted by Crippen LogP contribution is 2.44. The Labute approximate surface area is 230 Å². The van der Waals surface area contributed by atoms with Crippen molar-refractivity contribution in [3.63, 3.8) is 0 Å². The zero-order chi connectivity index (χ0) is 28.1. The van der Waals surface area contributed by atoms with E-state index in [1.807, 2.05) is 12.1 Å². The van der Waals surface area contributed by atoms with Gasteiger partial charge in [0.25, 0.3) is 5.91 Å². The quantitative estimate of drug-likeness (QED) is 0.348. The summed E-state index contributed by atoms with van der Waals surface area (Å²) >= 11 is 6.54. The minimum Gasteiger partial charge on any atom is -0.465 e. The molecule has 0 atom stereocenters. The summed E-state index contributed by atoms with van der Waals surface area (Å²) in [4.78, 5) is 40.7. The van der Waals surface area contributed by atoms with Gasteiger partial charge in [-0.25, -0.2) is 14.0 Å². The maximum absolute atomic E-state index is 15.5. The van der Waals surface area contributed by atoms with Crippen molar-refractivity contribution >= 4 is 35.3 Å². The molecule has 1 amide bonds. The van der Waals surface area contributed by atoms with Crippen LogP contribution in [0.15, 0.2) is 36.4 Å². The first-order chi connectivity index (χ1) is 18.5. The van der Waals surface area contributed by atoms with E-state index in [0.717, 1.165) is 24.5 Å². The summed E-state index contributed by atoms with van der Waals surface area (Å²) in [6.45, 7) is 5.57. The Bertz CT molecular complexity index is 1490. The molecule has 2 heterocycles. The van der Waals surface area contributed by atoms with Crippen molar-refractivity contribution in [3.05, 3.63) is 69.6 Å². The number of ether oxygens (including phenoxy) is 2. The Hall–Kier alpha value is -3.72. The van der Waals surface area contributed by atoms with E-state index >= 15 is 4.39 Å². The maximum atomic E-state index is 15.5. The van der Waals surface area contributed by atoms with E-state index in [-0.39, 0.29) is 22.7 Å². The molecule has 0 saturated heterocycles. The van der Waals surface area contributed by atoms with Gasteiger partial charge in [-0.05, 0) is 82.2 Å². The highest BCUT2D eigenvalue weighted by molar-refractivity contribution is 6.34. The Morgan fingerprint density at radius 2 is 1.87 bits per heavy atom. The highest BCUT2D eigenvalue weighted by atomic mass is 35.5. The molecule has 2 aromatic carbocycles. The molecule has 0 bridgehead atoms. The molecule has 1 aliphatic carbocycles. The average Bonchev–Trinajstić information content (AvgIpc) is 3.66. The lowest BCUT2D eigenvalue weighted by Gasteiger charge is -2.30. The standard InChI is InChI=1S/C29H29ClFN3O5/c1-29(2,3)39-28(37)33-14-6-9-22-25(33)24(19-13-12-17(15-21(19)31)27(36)38-4)32-34(22)26(35)23-18(16-10-11-16)7-5-8-20(23)30/h5,7-8,12-13,15-16H,6,9-11,14H2,1-4H3. The van der Waals surface area contributed by atoms with Gasteiger partial charge in [-0.3, -0.25) is 9.69 Å². The van der Waals surface area contributed by atoms with E-state index in [4.69, 9.17) is 21.1 Å². The second-order valence-electron chi connectivity index (χ2n) is 10.8. The number of carbonyl (C=O) groups excluding carboxylic acids is 3. The molecule has 39 heavy (non-hydrogen) atoms. The van der Waals surface area contributed by atoms with Gasteiger partial charge in [0.15, 0.2) is 0 Å². The van der Waals surface area contributed by atoms with Gasteiger partial charge in [0, 0.05) is 12.1 Å². The zero-order valence-electron chi connectivity index (χ0n) is 22.2. The summed E-state index contributed by atoms with van der Waals surface area (Å²) in [5.74, 6) is -1.63. The van der Waals surface area contributed by atoms with Crippen LogP contribution in [-0.4, -0.2) is 47.0 Å². The lowest BCUT2D eigenvalue weighted by atomic mass is 10.0. The molecule has 5 rings (SSSR count). The SMILES string of the molecule is COC(=O)c1ccc(-c2nn(C(=O)c3c(Cl)cccc3C3CC3)c3c2N(C(=O)OC(C)(C)C)CCC3)c(F)c1. The molecular weight excluding hydrogens is 525 g/mol. The van der Waals surface area contributed by atoms with Gasteiger partial charge in [-0.1, -0.05) is 23.7 Å². The number of amides is 1. The lowest BCUT2D eigenvalue weighted by molar-refractivity contribution is 0.0574. The lowest BCUT2D eigenvalue weighted by Crippen LogP contribution is -2.40. The second-order valence-corrected chi connectivity index (χ2v) is 11.2. The number of halogens is 2.